The molecule has 3 aromatic rings. The van der Waals surface area contributed by atoms with Crippen molar-refractivity contribution in [1.82, 2.24) is 19.6 Å². The number of aromatic nitrogens is 4. The van der Waals surface area contributed by atoms with Crippen LogP contribution in [0.25, 0.3) is 22.2 Å². The summed E-state index contributed by atoms with van der Waals surface area (Å²) < 4.78 is 27.6. The Bertz CT molecular complexity index is 1140. The fourth-order valence-corrected chi connectivity index (χ4v) is 5.20. The highest BCUT2D eigenvalue weighted by Crippen LogP contribution is 2.35. The predicted molar refractivity (Wildman–Crippen MR) is 151 cm³/mol. The van der Waals surface area contributed by atoms with Crippen LogP contribution in [0.2, 0.25) is 25.7 Å². The van der Waals surface area contributed by atoms with Crippen LogP contribution in [0.4, 0.5) is 0 Å². The lowest BCUT2D eigenvalue weighted by molar-refractivity contribution is -0.0365. The van der Waals surface area contributed by atoms with Crippen LogP contribution in [0.3, 0.4) is 0 Å². The van der Waals surface area contributed by atoms with E-state index in [1.165, 1.54) is 0 Å². The average molecular weight is 545 g/mol. The Balaban J connectivity index is 1.51. The standard InChI is InChI=1S/C28H44N4O5Si/c1-22(11-15-34-13-7-12-33)37-24-9-10-26-25(18-24)28(30-32(26)27-8-5-6-14-36-27)23-19-29-31(20-23)21-35-16-17-38(2,3)4/h9-10,18-20,22,27,33H,5-8,11-17,21H2,1-4H3. The number of fused-ring (bicyclic) bond motifs is 1. The third kappa shape index (κ3) is 8.13. The van der Waals surface area contributed by atoms with Gasteiger partial charge in [0.1, 0.15) is 18.2 Å². The van der Waals surface area contributed by atoms with E-state index in [4.69, 9.17) is 29.2 Å². The molecule has 0 spiro atoms. The van der Waals surface area contributed by atoms with Crippen molar-refractivity contribution in [2.75, 3.05) is 33.0 Å². The molecule has 1 aliphatic rings. The summed E-state index contributed by atoms with van der Waals surface area (Å²) in [7, 11) is -1.13. The second-order valence-corrected chi connectivity index (χ2v) is 16.9. The number of benzene rings is 1. The molecule has 0 aliphatic carbocycles. The first-order valence-electron chi connectivity index (χ1n) is 13.9. The lowest BCUT2D eigenvalue weighted by atomic mass is 10.1. The van der Waals surface area contributed by atoms with Crippen molar-refractivity contribution in [2.45, 2.75) is 83.8 Å². The molecule has 9 nitrogen and oxygen atoms in total. The summed E-state index contributed by atoms with van der Waals surface area (Å²) in [5.41, 5.74) is 2.84. The topological polar surface area (TPSA) is 92.8 Å². The molecule has 38 heavy (non-hydrogen) atoms. The molecule has 0 saturated carbocycles. The van der Waals surface area contributed by atoms with Crippen LogP contribution < -0.4 is 4.74 Å². The highest BCUT2D eigenvalue weighted by Gasteiger charge is 2.23. The molecule has 2 aromatic heterocycles. The van der Waals surface area contributed by atoms with Crippen LogP contribution in [0, 0.1) is 0 Å². The number of nitrogens with zero attached hydrogens (tertiary/aromatic N) is 4. The van der Waals surface area contributed by atoms with Crippen LogP contribution in [0.15, 0.2) is 30.6 Å². The third-order valence-corrected chi connectivity index (χ3v) is 8.39. The Morgan fingerprint density at radius 1 is 1.16 bits per heavy atom. The Morgan fingerprint density at radius 2 is 2.03 bits per heavy atom. The van der Waals surface area contributed by atoms with Crippen LogP contribution >= 0.6 is 0 Å². The molecule has 4 rings (SSSR count). The van der Waals surface area contributed by atoms with Gasteiger partial charge in [-0.25, -0.2) is 9.36 Å². The second kappa shape index (κ2) is 13.7. The van der Waals surface area contributed by atoms with Crippen LogP contribution in [-0.4, -0.2) is 71.9 Å². The molecule has 2 atom stereocenters. The molecule has 1 saturated heterocycles. The Hall–Kier alpha value is -2.24. The minimum atomic E-state index is -1.13. The highest BCUT2D eigenvalue weighted by atomic mass is 28.3. The first-order valence-corrected chi connectivity index (χ1v) is 17.6. The minimum Gasteiger partial charge on any atom is -0.491 e. The first-order chi connectivity index (χ1) is 18.3. The van der Waals surface area contributed by atoms with Crippen molar-refractivity contribution in [3.05, 3.63) is 30.6 Å². The van der Waals surface area contributed by atoms with Gasteiger partial charge in [-0.2, -0.15) is 10.2 Å². The van der Waals surface area contributed by atoms with Crippen molar-refractivity contribution >= 4 is 19.0 Å². The van der Waals surface area contributed by atoms with Gasteiger partial charge in [0.15, 0.2) is 6.23 Å². The molecule has 1 aromatic carbocycles. The van der Waals surface area contributed by atoms with Gasteiger partial charge in [0, 0.05) is 58.1 Å². The quantitative estimate of drug-likeness (QED) is 0.200. The van der Waals surface area contributed by atoms with E-state index in [0.29, 0.717) is 26.4 Å². The van der Waals surface area contributed by atoms with Crippen molar-refractivity contribution in [3.8, 4) is 17.0 Å². The van der Waals surface area contributed by atoms with Gasteiger partial charge in [-0.15, -0.1) is 0 Å². The number of hydrogen-bond donors (Lipinski definition) is 1. The van der Waals surface area contributed by atoms with E-state index >= 15 is 0 Å². The zero-order valence-electron chi connectivity index (χ0n) is 23.4. The zero-order chi connectivity index (χ0) is 27.0. The average Bonchev–Trinajstić information content (AvgIpc) is 3.51. The van der Waals surface area contributed by atoms with Gasteiger partial charge in [0.05, 0.1) is 24.4 Å². The van der Waals surface area contributed by atoms with Crippen molar-refractivity contribution < 1.29 is 24.1 Å². The number of aliphatic hydroxyl groups excluding tert-OH is 1. The SMILES string of the molecule is CC(CCOCCCO)Oc1ccc2c(c1)c(-c1cnn(COCC[Si](C)(C)C)c1)nn2C1CCCCO1. The molecule has 2 unspecified atom stereocenters. The Kier molecular flexibility index (Phi) is 10.4. The monoisotopic (exact) mass is 544 g/mol. The second-order valence-electron chi connectivity index (χ2n) is 11.3. The number of ether oxygens (including phenoxy) is 4. The maximum absolute atomic E-state index is 8.89. The van der Waals surface area contributed by atoms with E-state index in [1.807, 2.05) is 34.7 Å². The summed E-state index contributed by atoms with van der Waals surface area (Å²) in [6, 6.07) is 7.29. The molecule has 0 radical (unpaired) electrons. The van der Waals surface area contributed by atoms with Crippen LogP contribution in [0.5, 0.6) is 5.75 Å². The van der Waals surface area contributed by atoms with Crippen LogP contribution in [-0.2, 0) is 20.9 Å². The summed E-state index contributed by atoms with van der Waals surface area (Å²) in [5, 5.41) is 19.5. The predicted octanol–water partition coefficient (Wildman–Crippen LogP) is 5.47. The molecule has 1 N–H and O–H groups in total. The first kappa shape index (κ1) is 28.8. The number of aliphatic hydroxyl groups is 1. The summed E-state index contributed by atoms with van der Waals surface area (Å²) in [5.74, 6) is 0.799. The van der Waals surface area contributed by atoms with Gasteiger partial charge < -0.3 is 24.1 Å². The van der Waals surface area contributed by atoms with Gasteiger partial charge in [-0.1, -0.05) is 19.6 Å². The van der Waals surface area contributed by atoms with Gasteiger partial charge in [0.2, 0.25) is 0 Å². The molecule has 10 heteroatoms. The lowest BCUT2D eigenvalue weighted by Crippen LogP contribution is -2.22. The summed E-state index contributed by atoms with van der Waals surface area (Å²) in [4.78, 5) is 0. The smallest absolute Gasteiger partial charge is 0.150 e. The van der Waals surface area contributed by atoms with Gasteiger partial charge in [-0.05, 0) is 56.9 Å². The van der Waals surface area contributed by atoms with Gasteiger partial charge >= 0.3 is 0 Å². The summed E-state index contributed by atoms with van der Waals surface area (Å²) in [6.07, 6.45) is 8.39. The lowest BCUT2D eigenvalue weighted by Gasteiger charge is -2.23. The van der Waals surface area contributed by atoms with Crippen molar-refractivity contribution in [3.63, 3.8) is 0 Å². The van der Waals surface area contributed by atoms with E-state index in [-0.39, 0.29) is 18.9 Å². The fraction of sp³-hybridized carbons (Fsp3) is 0.643. The van der Waals surface area contributed by atoms with E-state index in [1.54, 1.807) is 0 Å². The molecule has 1 aliphatic heterocycles. The summed E-state index contributed by atoms with van der Waals surface area (Å²) >= 11 is 0. The summed E-state index contributed by atoms with van der Waals surface area (Å²) in [6.45, 7) is 12.4. The van der Waals surface area contributed by atoms with E-state index in [9.17, 15) is 0 Å². The zero-order valence-corrected chi connectivity index (χ0v) is 24.4. The molecular formula is C28H44N4O5Si. The number of hydrogen-bond acceptors (Lipinski definition) is 7. The third-order valence-electron chi connectivity index (χ3n) is 6.69. The van der Waals surface area contributed by atoms with E-state index in [2.05, 4.69) is 36.9 Å². The Labute approximate surface area is 227 Å². The van der Waals surface area contributed by atoms with Gasteiger partial charge in [0.25, 0.3) is 0 Å². The molecule has 3 heterocycles. The maximum Gasteiger partial charge on any atom is 0.150 e. The van der Waals surface area contributed by atoms with Crippen molar-refractivity contribution in [1.29, 1.82) is 0 Å². The number of rotatable bonds is 15. The molecule has 0 bridgehead atoms. The molecular weight excluding hydrogens is 500 g/mol. The Morgan fingerprint density at radius 3 is 2.79 bits per heavy atom. The molecule has 0 amide bonds. The normalized spacial score (nSPS) is 17.2. The largest absolute Gasteiger partial charge is 0.491 e. The highest BCUT2D eigenvalue weighted by molar-refractivity contribution is 6.76. The van der Waals surface area contributed by atoms with Gasteiger partial charge in [-0.3, -0.25) is 0 Å². The maximum atomic E-state index is 8.89. The van der Waals surface area contributed by atoms with Crippen LogP contribution in [0.1, 0.15) is 45.3 Å². The minimum absolute atomic E-state index is 0.00203. The van der Waals surface area contributed by atoms with E-state index in [0.717, 1.165) is 72.9 Å². The molecule has 1 fully saturated rings. The molecule has 210 valence electrons. The van der Waals surface area contributed by atoms with Crippen molar-refractivity contribution in [2.24, 2.45) is 0 Å². The fourth-order valence-electron chi connectivity index (χ4n) is 4.44. The van der Waals surface area contributed by atoms with E-state index < -0.39 is 8.07 Å².